The highest BCUT2D eigenvalue weighted by Crippen LogP contribution is 2.29. The molecule has 1 heterocycles. The van der Waals surface area contributed by atoms with Gasteiger partial charge in [0.2, 0.25) is 0 Å². The maximum absolute atomic E-state index is 12.5. The summed E-state index contributed by atoms with van der Waals surface area (Å²) in [6.07, 6.45) is 0.905. The van der Waals surface area contributed by atoms with E-state index in [1.807, 2.05) is 60.7 Å². The molecule has 2 aromatic carbocycles. The number of benzene rings is 2. The van der Waals surface area contributed by atoms with E-state index in [-0.39, 0.29) is 19.1 Å². The Bertz CT molecular complexity index is 777. The SMILES string of the molecule is CCOC(=O)[C@@H]1[C@@H](c2ccccc2)C=NN1C(=O)OCc1ccccc1. The second kappa shape index (κ2) is 8.29. The summed E-state index contributed by atoms with van der Waals surface area (Å²) in [6, 6.07) is 17.9. The number of ether oxygens (including phenoxy) is 2. The van der Waals surface area contributed by atoms with Crippen LogP contribution in [0.5, 0.6) is 0 Å². The molecule has 0 bridgehead atoms. The van der Waals surface area contributed by atoms with Gasteiger partial charge in [-0.2, -0.15) is 10.1 Å². The van der Waals surface area contributed by atoms with Crippen molar-refractivity contribution in [3.05, 3.63) is 71.8 Å². The fraction of sp³-hybridized carbons (Fsp3) is 0.250. The third-order valence-electron chi connectivity index (χ3n) is 4.06. The van der Waals surface area contributed by atoms with E-state index in [9.17, 15) is 9.59 Å². The summed E-state index contributed by atoms with van der Waals surface area (Å²) in [4.78, 5) is 25.0. The van der Waals surface area contributed by atoms with E-state index in [1.54, 1.807) is 13.1 Å². The Morgan fingerprint density at radius 1 is 1.00 bits per heavy atom. The largest absolute Gasteiger partial charge is 0.464 e. The van der Waals surface area contributed by atoms with Crippen LogP contribution in [0.3, 0.4) is 0 Å². The number of hydrazone groups is 1. The Labute approximate surface area is 152 Å². The van der Waals surface area contributed by atoms with E-state index in [0.717, 1.165) is 16.1 Å². The lowest BCUT2D eigenvalue weighted by Gasteiger charge is -2.24. The summed E-state index contributed by atoms with van der Waals surface area (Å²) < 4.78 is 10.5. The molecular formula is C20H20N2O4. The highest BCUT2D eigenvalue weighted by atomic mass is 16.6. The molecule has 0 radical (unpaired) electrons. The van der Waals surface area contributed by atoms with Crippen LogP contribution in [0.15, 0.2) is 65.8 Å². The molecule has 2 atom stereocenters. The van der Waals surface area contributed by atoms with Gasteiger partial charge in [-0.15, -0.1) is 0 Å². The van der Waals surface area contributed by atoms with Crippen LogP contribution in [0.1, 0.15) is 24.0 Å². The molecule has 134 valence electrons. The van der Waals surface area contributed by atoms with Crippen molar-refractivity contribution in [3.63, 3.8) is 0 Å². The maximum atomic E-state index is 12.5. The van der Waals surface area contributed by atoms with Crippen LogP contribution < -0.4 is 0 Å². The van der Waals surface area contributed by atoms with Gasteiger partial charge in [0.05, 0.1) is 12.5 Å². The van der Waals surface area contributed by atoms with Crippen LogP contribution in [-0.2, 0) is 20.9 Å². The van der Waals surface area contributed by atoms with Crippen molar-refractivity contribution in [2.24, 2.45) is 5.10 Å². The molecular weight excluding hydrogens is 332 g/mol. The lowest BCUT2D eigenvalue weighted by Crippen LogP contribution is -2.43. The Hall–Kier alpha value is -3.15. The van der Waals surface area contributed by atoms with E-state index in [0.29, 0.717) is 0 Å². The van der Waals surface area contributed by atoms with Gasteiger partial charge in [-0.25, -0.2) is 9.59 Å². The predicted octanol–water partition coefficient (Wildman–Crippen LogP) is 3.34. The third kappa shape index (κ3) is 3.91. The molecule has 0 aromatic heterocycles. The summed E-state index contributed by atoms with van der Waals surface area (Å²) in [6.45, 7) is 2.06. The molecule has 0 unspecified atom stereocenters. The van der Waals surface area contributed by atoms with Gasteiger partial charge in [-0.3, -0.25) is 0 Å². The molecule has 0 saturated heterocycles. The maximum Gasteiger partial charge on any atom is 0.431 e. The zero-order valence-corrected chi connectivity index (χ0v) is 14.4. The minimum Gasteiger partial charge on any atom is -0.464 e. The molecule has 1 amide bonds. The first-order valence-electron chi connectivity index (χ1n) is 8.46. The molecule has 2 aromatic rings. The van der Waals surface area contributed by atoms with E-state index < -0.39 is 18.1 Å². The molecule has 26 heavy (non-hydrogen) atoms. The lowest BCUT2D eigenvalue weighted by atomic mass is 9.93. The van der Waals surface area contributed by atoms with Gasteiger partial charge in [0, 0.05) is 6.21 Å². The normalized spacial score (nSPS) is 18.6. The van der Waals surface area contributed by atoms with Crippen LogP contribution in [0, 0.1) is 0 Å². The monoisotopic (exact) mass is 352 g/mol. The number of nitrogens with zero attached hydrogens (tertiary/aromatic N) is 2. The Balaban J connectivity index is 1.75. The standard InChI is InChI=1S/C20H20N2O4/c1-2-25-19(23)18-17(16-11-7-4-8-12-16)13-21-22(18)20(24)26-14-15-9-5-3-6-10-15/h3-13,17-18H,2,14H2,1H3/t17-,18+/m1/s1. The topological polar surface area (TPSA) is 68.2 Å². The van der Waals surface area contributed by atoms with Crippen molar-refractivity contribution in [2.75, 3.05) is 6.61 Å². The van der Waals surface area contributed by atoms with Crippen molar-refractivity contribution in [2.45, 2.75) is 25.5 Å². The average molecular weight is 352 g/mol. The summed E-state index contributed by atoms with van der Waals surface area (Å²) in [7, 11) is 0. The fourth-order valence-corrected chi connectivity index (χ4v) is 2.81. The van der Waals surface area contributed by atoms with Crippen LogP contribution in [0.25, 0.3) is 0 Å². The second-order valence-electron chi connectivity index (χ2n) is 5.78. The lowest BCUT2D eigenvalue weighted by molar-refractivity contribution is -0.148. The van der Waals surface area contributed by atoms with Crippen molar-refractivity contribution >= 4 is 18.3 Å². The van der Waals surface area contributed by atoms with Gasteiger partial charge in [0.25, 0.3) is 0 Å². The average Bonchev–Trinajstić information content (AvgIpc) is 3.13. The predicted molar refractivity (Wildman–Crippen MR) is 96.6 cm³/mol. The van der Waals surface area contributed by atoms with Crippen LogP contribution in [0.2, 0.25) is 0 Å². The van der Waals surface area contributed by atoms with Gasteiger partial charge in [-0.05, 0) is 18.1 Å². The molecule has 1 aliphatic rings. The van der Waals surface area contributed by atoms with Crippen LogP contribution in [0.4, 0.5) is 4.79 Å². The number of hydrogen-bond acceptors (Lipinski definition) is 5. The number of carbonyl (C=O) groups is 2. The first-order chi connectivity index (χ1) is 12.7. The molecule has 0 aliphatic carbocycles. The van der Waals surface area contributed by atoms with Crippen molar-refractivity contribution < 1.29 is 19.1 Å². The van der Waals surface area contributed by atoms with Gasteiger partial charge in [0.1, 0.15) is 6.61 Å². The first-order valence-corrected chi connectivity index (χ1v) is 8.46. The van der Waals surface area contributed by atoms with Gasteiger partial charge in [0.15, 0.2) is 6.04 Å². The minimum absolute atomic E-state index is 0.108. The van der Waals surface area contributed by atoms with E-state index >= 15 is 0 Å². The number of esters is 1. The third-order valence-corrected chi connectivity index (χ3v) is 4.06. The van der Waals surface area contributed by atoms with Gasteiger partial charge >= 0.3 is 12.1 Å². The smallest absolute Gasteiger partial charge is 0.431 e. The number of hydrogen-bond donors (Lipinski definition) is 0. The molecule has 0 N–H and O–H groups in total. The molecule has 6 heteroatoms. The highest BCUT2D eigenvalue weighted by Gasteiger charge is 2.43. The van der Waals surface area contributed by atoms with E-state index in [1.165, 1.54) is 0 Å². The Morgan fingerprint density at radius 2 is 1.65 bits per heavy atom. The molecule has 6 nitrogen and oxygen atoms in total. The second-order valence-corrected chi connectivity index (χ2v) is 5.78. The zero-order valence-electron chi connectivity index (χ0n) is 14.4. The first kappa shape index (κ1) is 17.7. The quantitative estimate of drug-likeness (QED) is 0.774. The summed E-state index contributed by atoms with van der Waals surface area (Å²) in [5.74, 6) is -0.880. The Kier molecular flexibility index (Phi) is 5.63. The number of rotatable bonds is 5. The highest BCUT2D eigenvalue weighted by molar-refractivity contribution is 5.90. The van der Waals surface area contributed by atoms with Crippen molar-refractivity contribution in [1.29, 1.82) is 0 Å². The zero-order chi connectivity index (χ0) is 18.4. The van der Waals surface area contributed by atoms with Gasteiger partial charge < -0.3 is 9.47 Å². The summed E-state index contributed by atoms with van der Waals surface area (Å²) >= 11 is 0. The van der Waals surface area contributed by atoms with Crippen LogP contribution >= 0.6 is 0 Å². The Morgan fingerprint density at radius 3 is 2.31 bits per heavy atom. The molecule has 0 fully saturated rings. The molecule has 0 saturated carbocycles. The van der Waals surface area contributed by atoms with Crippen molar-refractivity contribution in [1.82, 2.24) is 5.01 Å². The van der Waals surface area contributed by atoms with Gasteiger partial charge in [-0.1, -0.05) is 60.7 Å². The summed E-state index contributed by atoms with van der Waals surface area (Å²) in [5.41, 5.74) is 1.74. The number of carbonyl (C=O) groups excluding carboxylic acids is 2. The molecule has 1 aliphatic heterocycles. The molecule has 0 spiro atoms. The summed E-state index contributed by atoms with van der Waals surface area (Å²) in [5, 5.41) is 5.19. The van der Waals surface area contributed by atoms with E-state index in [2.05, 4.69) is 5.10 Å². The number of amides is 1. The van der Waals surface area contributed by atoms with Crippen molar-refractivity contribution in [3.8, 4) is 0 Å². The minimum atomic E-state index is -0.874. The molecule has 3 rings (SSSR count). The van der Waals surface area contributed by atoms with E-state index in [4.69, 9.17) is 9.47 Å². The van der Waals surface area contributed by atoms with Crippen LogP contribution in [-0.4, -0.2) is 35.9 Å². The fourth-order valence-electron chi connectivity index (χ4n) is 2.81.